The van der Waals surface area contributed by atoms with E-state index < -0.39 is 0 Å². The van der Waals surface area contributed by atoms with Gasteiger partial charge in [0.15, 0.2) is 0 Å². The van der Waals surface area contributed by atoms with Crippen LogP contribution in [-0.2, 0) is 13.6 Å². The molecule has 28 heavy (non-hydrogen) atoms. The first kappa shape index (κ1) is 18.5. The van der Waals surface area contributed by atoms with Crippen LogP contribution in [0.1, 0.15) is 29.5 Å². The second-order valence-electron chi connectivity index (χ2n) is 6.96. The number of thiophene rings is 1. The van der Waals surface area contributed by atoms with Gasteiger partial charge in [-0.3, -0.25) is 0 Å². The van der Waals surface area contributed by atoms with Crippen molar-refractivity contribution in [3.8, 4) is 5.69 Å². The summed E-state index contributed by atoms with van der Waals surface area (Å²) in [6, 6.07) is 13.5. The van der Waals surface area contributed by atoms with Crippen molar-refractivity contribution in [3.05, 3.63) is 69.0 Å². The zero-order valence-corrected chi connectivity index (χ0v) is 16.6. The molecule has 146 valence electrons. The van der Waals surface area contributed by atoms with Crippen molar-refractivity contribution in [3.63, 3.8) is 0 Å². The van der Waals surface area contributed by atoms with Crippen molar-refractivity contribution < 1.29 is 4.79 Å². The number of benzene rings is 1. The lowest BCUT2D eigenvalue weighted by atomic mass is 9.97. The molecule has 1 aromatic carbocycles. The van der Waals surface area contributed by atoms with Crippen molar-refractivity contribution in [2.24, 2.45) is 7.05 Å². The number of aryl methyl sites for hydroxylation is 1. The van der Waals surface area contributed by atoms with Gasteiger partial charge in [-0.05, 0) is 36.4 Å². The lowest BCUT2D eigenvalue weighted by molar-refractivity contribution is 0.177. The van der Waals surface area contributed by atoms with Crippen LogP contribution in [0.25, 0.3) is 5.69 Å². The van der Waals surface area contributed by atoms with Crippen molar-refractivity contribution in [2.45, 2.75) is 25.3 Å². The molecule has 0 bridgehead atoms. The second kappa shape index (κ2) is 8.02. The molecule has 1 fully saturated rings. The Balaban J connectivity index is 1.53. The van der Waals surface area contributed by atoms with Gasteiger partial charge in [0.05, 0.1) is 12.2 Å². The number of urea groups is 1. The van der Waals surface area contributed by atoms with Crippen LogP contribution < -0.4 is 11.0 Å². The van der Waals surface area contributed by atoms with Gasteiger partial charge in [0.25, 0.3) is 0 Å². The summed E-state index contributed by atoms with van der Waals surface area (Å²) < 4.78 is 3.04. The average molecular weight is 398 g/mol. The highest BCUT2D eigenvalue weighted by Gasteiger charge is 2.29. The van der Waals surface area contributed by atoms with Gasteiger partial charge in [-0.2, -0.15) is 5.10 Å². The van der Waals surface area contributed by atoms with Crippen LogP contribution in [0.2, 0.25) is 0 Å². The number of hydrogen-bond donors (Lipinski definition) is 1. The maximum absolute atomic E-state index is 12.7. The van der Waals surface area contributed by atoms with Gasteiger partial charge in [-0.15, -0.1) is 11.3 Å². The summed E-state index contributed by atoms with van der Waals surface area (Å²) in [5.41, 5.74) is 0.635. The monoisotopic (exact) mass is 397 g/mol. The van der Waals surface area contributed by atoms with E-state index in [0.29, 0.717) is 13.1 Å². The SMILES string of the molecule is Cn1nc([C@@H]2CCCN(C(=O)NCc3cccs3)C2)n(-c2ccccc2)c1=O. The highest BCUT2D eigenvalue weighted by Crippen LogP contribution is 2.26. The molecule has 0 unspecified atom stereocenters. The summed E-state index contributed by atoms with van der Waals surface area (Å²) >= 11 is 1.63. The topological polar surface area (TPSA) is 72.2 Å². The van der Waals surface area contributed by atoms with Crippen LogP contribution in [0.3, 0.4) is 0 Å². The maximum atomic E-state index is 12.7. The number of nitrogens with one attached hydrogen (secondary N) is 1. The van der Waals surface area contributed by atoms with E-state index >= 15 is 0 Å². The van der Waals surface area contributed by atoms with Gasteiger partial charge in [0.1, 0.15) is 5.82 Å². The largest absolute Gasteiger partial charge is 0.350 e. The van der Waals surface area contributed by atoms with E-state index in [1.807, 2.05) is 52.7 Å². The molecule has 0 spiro atoms. The molecular weight excluding hydrogens is 374 g/mol. The summed E-state index contributed by atoms with van der Waals surface area (Å²) in [5.74, 6) is 0.741. The van der Waals surface area contributed by atoms with E-state index in [-0.39, 0.29) is 17.6 Å². The Kier molecular flexibility index (Phi) is 5.29. The molecule has 1 atom stereocenters. The van der Waals surface area contributed by atoms with Crippen LogP contribution in [-0.4, -0.2) is 38.4 Å². The third-order valence-electron chi connectivity index (χ3n) is 5.03. The van der Waals surface area contributed by atoms with Crippen LogP contribution in [0.4, 0.5) is 4.79 Å². The number of carbonyl (C=O) groups excluding carboxylic acids is 1. The first-order valence-electron chi connectivity index (χ1n) is 9.40. The Bertz CT molecular complexity index is 994. The lowest BCUT2D eigenvalue weighted by Gasteiger charge is -2.32. The Labute approximate surface area is 167 Å². The van der Waals surface area contributed by atoms with Crippen molar-refractivity contribution in [1.82, 2.24) is 24.6 Å². The average Bonchev–Trinajstić information content (AvgIpc) is 3.35. The number of amides is 2. The van der Waals surface area contributed by atoms with E-state index in [1.165, 1.54) is 4.68 Å². The first-order valence-corrected chi connectivity index (χ1v) is 10.3. The number of piperidine rings is 1. The van der Waals surface area contributed by atoms with E-state index in [9.17, 15) is 9.59 Å². The fourth-order valence-corrected chi connectivity index (χ4v) is 4.27. The fraction of sp³-hybridized carbons (Fsp3) is 0.350. The third kappa shape index (κ3) is 3.73. The Morgan fingerprint density at radius 1 is 1.25 bits per heavy atom. The summed E-state index contributed by atoms with van der Waals surface area (Å²) in [6.45, 7) is 1.81. The van der Waals surface area contributed by atoms with Gasteiger partial charge in [0, 0.05) is 30.9 Å². The van der Waals surface area contributed by atoms with E-state index in [1.54, 1.807) is 23.0 Å². The second-order valence-corrected chi connectivity index (χ2v) is 7.99. The predicted octanol–water partition coefficient (Wildman–Crippen LogP) is 2.72. The molecule has 0 radical (unpaired) electrons. The number of likely N-dealkylation sites (tertiary alicyclic amines) is 1. The smallest absolute Gasteiger partial charge is 0.333 e. The Morgan fingerprint density at radius 2 is 2.07 bits per heavy atom. The Morgan fingerprint density at radius 3 is 2.82 bits per heavy atom. The molecule has 7 nitrogen and oxygen atoms in total. The molecule has 2 aromatic heterocycles. The highest BCUT2D eigenvalue weighted by molar-refractivity contribution is 7.09. The minimum absolute atomic E-state index is 0.0235. The number of aromatic nitrogens is 3. The minimum Gasteiger partial charge on any atom is -0.333 e. The number of rotatable bonds is 4. The zero-order chi connectivity index (χ0) is 19.5. The molecule has 0 aliphatic carbocycles. The van der Waals surface area contributed by atoms with Crippen LogP contribution >= 0.6 is 11.3 Å². The minimum atomic E-state index is -0.166. The summed E-state index contributed by atoms with van der Waals surface area (Å²) in [5, 5.41) is 9.50. The third-order valence-corrected chi connectivity index (χ3v) is 5.91. The zero-order valence-electron chi connectivity index (χ0n) is 15.7. The van der Waals surface area contributed by atoms with Gasteiger partial charge in [-0.1, -0.05) is 24.3 Å². The van der Waals surface area contributed by atoms with Gasteiger partial charge >= 0.3 is 11.7 Å². The standard InChI is InChI=1S/C20H23N5O2S/c1-23-20(27)25(16-8-3-2-4-9-16)18(22-23)15-7-5-11-24(14-15)19(26)21-13-17-10-6-12-28-17/h2-4,6,8-10,12,15H,5,7,11,13-14H2,1H3,(H,21,26)/t15-/m1/s1. The quantitative estimate of drug-likeness (QED) is 0.736. The molecule has 4 rings (SSSR count). The van der Waals surface area contributed by atoms with Crippen molar-refractivity contribution >= 4 is 17.4 Å². The fourth-order valence-electron chi connectivity index (χ4n) is 3.63. The molecule has 1 aliphatic heterocycles. The van der Waals surface area contributed by atoms with Crippen molar-refractivity contribution in [2.75, 3.05) is 13.1 Å². The highest BCUT2D eigenvalue weighted by atomic mass is 32.1. The number of nitrogens with zero attached hydrogens (tertiary/aromatic N) is 4. The number of hydrogen-bond acceptors (Lipinski definition) is 4. The van der Waals surface area contributed by atoms with E-state index in [4.69, 9.17) is 0 Å². The molecule has 1 saturated heterocycles. The predicted molar refractivity (Wildman–Crippen MR) is 109 cm³/mol. The van der Waals surface area contributed by atoms with Crippen LogP contribution in [0, 0.1) is 0 Å². The first-order chi connectivity index (χ1) is 13.6. The maximum Gasteiger partial charge on any atom is 0.350 e. The molecule has 3 heterocycles. The number of para-hydroxylation sites is 1. The summed E-state index contributed by atoms with van der Waals surface area (Å²) in [7, 11) is 1.67. The molecule has 2 amide bonds. The number of carbonyl (C=O) groups is 1. The molecule has 3 aromatic rings. The Hall–Kier alpha value is -2.87. The van der Waals surface area contributed by atoms with Gasteiger partial charge in [-0.25, -0.2) is 18.8 Å². The van der Waals surface area contributed by atoms with Gasteiger partial charge in [0.2, 0.25) is 0 Å². The van der Waals surface area contributed by atoms with Crippen LogP contribution in [0.5, 0.6) is 0 Å². The molecule has 8 heteroatoms. The van der Waals surface area contributed by atoms with Crippen LogP contribution in [0.15, 0.2) is 52.6 Å². The van der Waals surface area contributed by atoms with Gasteiger partial charge < -0.3 is 10.2 Å². The molecular formula is C20H23N5O2S. The van der Waals surface area contributed by atoms with E-state index in [2.05, 4.69) is 10.4 Å². The molecule has 1 N–H and O–H groups in total. The normalized spacial score (nSPS) is 16.9. The van der Waals surface area contributed by atoms with E-state index in [0.717, 1.165) is 35.8 Å². The molecule has 0 saturated carbocycles. The summed E-state index contributed by atoms with van der Waals surface area (Å²) in [4.78, 5) is 28.2. The van der Waals surface area contributed by atoms with Crippen molar-refractivity contribution in [1.29, 1.82) is 0 Å². The lowest BCUT2D eigenvalue weighted by Crippen LogP contribution is -2.45. The molecule has 1 aliphatic rings. The summed E-state index contributed by atoms with van der Waals surface area (Å²) in [6.07, 6.45) is 1.79.